The molecule has 0 N–H and O–H groups in total. The average Bonchev–Trinajstić information content (AvgIpc) is 2.71. The van der Waals surface area contributed by atoms with Gasteiger partial charge in [-0.15, -0.1) is 0 Å². The standard InChI is InChI=1S/C22H17FO3S/c23-19-13-11-17(12-14-19)15-22(21(16-24)18-7-3-1-4-8-18)27(25,26)20-9-5-2-6-10-20/h1-14,16H,15H2. The van der Waals surface area contributed by atoms with Gasteiger partial charge in [-0.2, -0.15) is 0 Å². The molecule has 0 aliphatic heterocycles. The van der Waals surface area contributed by atoms with Crippen molar-refractivity contribution in [2.75, 3.05) is 0 Å². The highest BCUT2D eigenvalue weighted by Gasteiger charge is 2.25. The summed E-state index contributed by atoms with van der Waals surface area (Å²) in [7, 11) is -3.91. The van der Waals surface area contributed by atoms with Crippen molar-refractivity contribution in [2.45, 2.75) is 11.3 Å². The van der Waals surface area contributed by atoms with E-state index in [-0.39, 0.29) is 21.8 Å². The SMILES string of the molecule is O=CC(=C(Cc1ccc(F)cc1)S(=O)(=O)c1ccccc1)c1ccccc1. The van der Waals surface area contributed by atoms with E-state index >= 15 is 0 Å². The lowest BCUT2D eigenvalue weighted by molar-refractivity contribution is -0.103. The summed E-state index contributed by atoms with van der Waals surface area (Å²) in [5.41, 5.74) is 1.22. The number of hydrogen-bond acceptors (Lipinski definition) is 3. The molecule has 0 amide bonds. The number of sulfone groups is 1. The van der Waals surface area contributed by atoms with Crippen LogP contribution in [0.3, 0.4) is 0 Å². The predicted octanol–water partition coefficient (Wildman–Crippen LogP) is 4.45. The van der Waals surface area contributed by atoms with Gasteiger partial charge in [0.25, 0.3) is 0 Å². The van der Waals surface area contributed by atoms with Crippen molar-refractivity contribution >= 4 is 21.7 Å². The summed E-state index contributed by atoms with van der Waals surface area (Å²) in [6, 6.07) is 22.2. The molecule has 0 unspecified atom stereocenters. The molecule has 0 saturated carbocycles. The van der Waals surface area contributed by atoms with Crippen LogP contribution in [0.1, 0.15) is 11.1 Å². The van der Waals surface area contributed by atoms with Crippen molar-refractivity contribution in [3.8, 4) is 0 Å². The Bertz CT molecular complexity index is 1060. The Morgan fingerprint density at radius 2 is 1.37 bits per heavy atom. The quantitative estimate of drug-likeness (QED) is 0.469. The van der Waals surface area contributed by atoms with Crippen LogP contribution in [0.15, 0.2) is 94.7 Å². The van der Waals surface area contributed by atoms with Gasteiger partial charge in [0.05, 0.1) is 9.80 Å². The smallest absolute Gasteiger partial charge is 0.203 e. The van der Waals surface area contributed by atoms with Crippen LogP contribution in [0.2, 0.25) is 0 Å². The molecule has 3 nitrogen and oxygen atoms in total. The largest absolute Gasteiger partial charge is 0.298 e. The minimum atomic E-state index is -3.91. The Morgan fingerprint density at radius 1 is 0.815 bits per heavy atom. The van der Waals surface area contributed by atoms with E-state index in [9.17, 15) is 17.6 Å². The van der Waals surface area contributed by atoms with Crippen LogP contribution in [0, 0.1) is 5.82 Å². The maximum absolute atomic E-state index is 13.3. The summed E-state index contributed by atoms with van der Waals surface area (Å²) in [5.74, 6) is -0.408. The molecular formula is C22H17FO3S. The van der Waals surface area contributed by atoms with Crippen LogP contribution >= 0.6 is 0 Å². The maximum Gasteiger partial charge on any atom is 0.203 e. The highest BCUT2D eigenvalue weighted by molar-refractivity contribution is 7.95. The lowest BCUT2D eigenvalue weighted by atomic mass is 10.0. The van der Waals surface area contributed by atoms with Gasteiger partial charge >= 0.3 is 0 Å². The molecule has 0 radical (unpaired) electrons. The van der Waals surface area contributed by atoms with E-state index in [1.54, 1.807) is 48.5 Å². The van der Waals surface area contributed by atoms with Gasteiger partial charge in [0.1, 0.15) is 5.82 Å². The molecule has 27 heavy (non-hydrogen) atoms. The first kappa shape index (κ1) is 18.7. The second kappa shape index (κ2) is 8.10. The summed E-state index contributed by atoms with van der Waals surface area (Å²) >= 11 is 0. The summed E-state index contributed by atoms with van der Waals surface area (Å²) in [6.07, 6.45) is 0.551. The Balaban J connectivity index is 2.21. The average molecular weight is 380 g/mol. The van der Waals surface area contributed by atoms with E-state index in [0.29, 0.717) is 17.4 Å². The number of rotatable bonds is 6. The van der Waals surface area contributed by atoms with Crippen molar-refractivity contribution in [1.29, 1.82) is 0 Å². The van der Waals surface area contributed by atoms with Crippen LogP contribution in [-0.4, -0.2) is 14.7 Å². The first-order chi connectivity index (χ1) is 13.0. The number of benzene rings is 3. The molecule has 0 aliphatic carbocycles. The van der Waals surface area contributed by atoms with Crippen LogP contribution < -0.4 is 0 Å². The lowest BCUT2D eigenvalue weighted by Gasteiger charge is -2.14. The van der Waals surface area contributed by atoms with Crippen LogP contribution in [0.5, 0.6) is 0 Å². The minimum absolute atomic E-state index is 0.0125. The van der Waals surface area contributed by atoms with Gasteiger partial charge in [0, 0.05) is 12.0 Å². The highest BCUT2D eigenvalue weighted by atomic mass is 32.2. The number of carbonyl (C=O) groups is 1. The van der Waals surface area contributed by atoms with E-state index in [1.807, 2.05) is 0 Å². The fourth-order valence-corrected chi connectivity index (χ4v) is 4.39. The van der Waals surface area contributed by atoms with E-state index in [1.165, 1.54) is 36.4 Å². The Hall–Kier alpha value is -3.05. The zero-order valence-corrected chi connectivity index (χ0v) is 15.2. The maximum atomic E-state index is 13.3. The van der Waals surface area contributed by atoms with E-state index < -0.39 is 15.7 Å². The zero-order chi connectivity index (χ0) is 19.3. The van der Waals surface area contributed by atoms with Crippen LogP contribution in [0.4, 0.5) is 4.39 Å². The van der Waals surface area contributed by atoms with Gasteiger partial charge < -0.3 is 0 Å². The number of carbonyl (C=O) groups excluding carboxylic acids is 1. The third-order valence-corrected chi connectivity index (χ3v) is 6.06. The molecule has 3 aromatic rings. The number of allylic oxidation sites excluding steroid dienone is 2. The zero-order valence-electron chi connectivity index (χ0n) is 14.4. The predicted molar refractivity (Wildman–Crippen MR) is 103 cm³/mol. The fourth-order valence-electron chi connectivity index (χ4n) is 2.78. The van der Waals surface area contributed by atoms with Crippen molar-refractivity contribution in [3.05, 3.63) is 107 Å². The van der Waals surface area contributed by atoms with E-state index in [2.05, 4.69) is 0 Å². The third-order valence-electron chi connectivity index (χ3n) is 4.16. The van der Waals surface area contributed by atoms with Crippen molar-refractivity contribution < 1.29 is 17.6 Å². The van der Waals surface area contributed by atoms with E-state index in [0.717, 1.165) is 0 Å². The molecule has 3 rings (SSSR count). The molecule has 0 atom stereocenters. The van der Waals surface area contributed by atoms with Gasteiger partial charge in [0.2, 0.25) is 9.84 Å². The second-order valence-corrected chi connectivity index (χ2v) is 7.91. The topological polar surface area (TPSA) is 51.2 Å². The van der Waals surface area contributed by atoms with Gasteiger partial charge in [-0.3, -0.25) is 4.79 Å². The molecular weight excluding hydrogens is 363 g/mol. The molecule has 0 heterocycles. The molecule has 0 saturated heterocycles. The van der Waals surface area contributed by atoms with Crippen molar-refractivity contribution in [3.63, 3.8) is 0 Å². The number of hydrogen-bond donors (Lipinski definition) is 0. The van der Waals surface area contributed by atoms with Gasteiger partial charge in [-0.25, -0.2) is 12.8 Å². The summed E-state index contributed by atoms with van der Waals surface area (Å²) in [5, 5.41) is 0. The van der Waals surface area contributed by atoms with E-state index in [4.69, 9.17) is 0 Å². The second-order valence-electron chi connectivity index (χ2n) is 5.94. The van der Waals surface area contributed by atoms with Gasteiger partial charge in [0.15, 0.2) is 6.29 Å². The fraction of sp³-hybridized carbons (Fsp3) is 0.0455. The normalized spacial score (nSPS) is 12.3. The summed E-state index contributed by atoms with van der Waals surface area (Å²) in [6.45, 7) is 0. The Kier molecular flexibility index (Phi) is 5.62. The van der Waals surface area contributed by atoms with Gasteiger partial charge in [-0.1, -0.05) is 60.7 Å². The minimum Gasteiger partial charge on any atom is -0.298 e. The Labute approximate surface area is 157 Å². The highest BCUT2D eigenvalue weighted by Crippen LogP contribution is 2.29. The summed E-state index contributed by atoms with van der Waals surface area (Å²) in [4.78, 5) is 12.0. The third kappa shape index (κ3) is 4.20. The molecule has 3 aromatic carbocycles. The molecule has 0 aromatic heterocycles. The molecule has 0 bridgehead atoms. The summed E-state index contributed by atoms with van der Waals surface area (Å²) < 4.78 is 39.8. The Morgan fingerprint density at radius 3 is 1.93 bits per heavy atom. The van der Waals surface area contributed by atoms with Crippen molar-refractivity contribution in [2.24, 2.45) is 0 Å². The van der Waals surface area contributed by atoms with Crippen LogP contribution in [-0.2, 0) is 21.1 Å². The first-order valence-electron chi connectivity index (χ1n) is 8.30. The molecule has 0 fully saturated rings. The monoisotopic (exact) mass is 380 g/mol. The molecule has 0 aliphatic rings. The first-order valence-corrected chi connectivity index (χ1v) is 9.79. The number of halogens is 1. The lowest BCUT2D eigenvalue weighted by Crippen LogP contribution is -2.11. The molecule has 5 heteroatoms. The van der Waals surface area contributed by atoms with Gasteiger partial charge in [-0.05, 0) is 35.4 Å². The molecule has 136 valence electrons. The number of aldehydes is 1. The van der Waals surface area contributed by atoms with Crippen LogP contribution in [0.25, 0.3) is 5.57 Å². The van der Waals surface area contributed by atoms with Crippen molar-refractivity contribution in [1.82, 2.24) is 0 Å². The molecule has 0 spiro atoms.